The summed E-state index contributed by atoms with van der Waals surface area (Å²) >= 11 is 0. The van der Waals surface area contributed by atoms with E-state index in [1.165, 1.54) is 7.11 Å². The summed E-state index contributed by atoms with van der Waals surface area (Å²) in [5.74, 6) is -1.72. The first kappa shape index (κ1) is 36.9. The van der Waals surface area contributed by atoms with E-state index in [9.17, 15) is 29.1 Å². The Bertz CT molecular complexity index is 1680. The number of aliphatic hydroxyl groups excluding tert-OH is 1. The second-order valence-corrected chi connectivity index (χ2v) is 17.6. The van der Waals surface area contributed by atoms with Gasteiger partial charge in [-0.2, -0.15) is 0 Å². The lowest BCUT2D eigenvalue weighted by atomic mass is 9.82. The van der Waals surface area contributed by atoms with E-state index in [4.69, 9.17) is 9.47 Å². The molecule has 5 rings (SSSR count). The van der Waals surface area contributed by atoms with Crippen molar-refractivity contribution in [2.45, 2.75) is 69.5 Å². The number of nitrogens with zero attached hydrogens (tertiary/aromatic N) is 2. The van der Waals surface area contributed by atoms with Gasteiger partial charge in [0.25, 0.3) is 11.8 Å². The Morgan fingerprint density at radius 3 is 2.34 bits per heavy atom. The number of carbonyl (C=O) groups excluding carboxylic acids is 4. The molecule has 1 saturated heterocycles. The van der Waals surface area contributed by atoms with Crippen LogP contribution in [-0.2, 0) is 36.0 Å². The van der Waals surface area contributed by atoms with Gasteiger partial charge in [0, 0.05) is 54.3 Å². The maximum absolute atomic E-state index is 14.7. The van der Waals surface area contributed by atoms with Gasteiger partial charge in [-0.1, -0.05) is 55.5 Å². The van der Waals surface area contributed by atoms with Gasteiger partial charge in [0.05, 0.1) is 31.9 Å². The van der Waals surface area contributed by atoms with Crippen molar-refractivity contribution in [2.24, 2.45) is 5.92 Å². The minimum atomic E-state index is -3.08. The lowest BCUT2D eigenvalue weighted by Gasteiger charge is -2.32. The number of amides is 3. The first-order valence-corrected chi connectivity index (χ1v) is 20.2. The summed E-state index contributed by atoms with van der Waals surface area (Å²) in [4.78, 5) is 68.5. The van der Waals surface area contributed by atoms with Gasteiger partial charge >= 0.3 is 5.97 Å². The number of nitrogens with one attached hydrogen (secondary N) is 1. The van der Waals surface area contributed by atoms with Crippen molar-refractivity contribution in [1.29, 1.82) is 0 Å². The Morgan fingerprint density at radius 1 is 1.02 bits per heavy atom. The Morgan fingerprint density at radius 2 is 1.70 bits per heavy atom. The lowest BCUT2D eigenvalue weighted by Crippen LogP contribution is -2.46. The average molecular weight is 702 g/mol. The maximum atomic E-state index is 14.7. The SMILES string of the molecule is COC(=O)CCCCN1C(=O)[C@]2(O[C@H](CC(=O)N(CCO)Cc3ccccc3)[C@@H]([Si](C)(C)O)[C@@H]2C)c2cc(NC(=O)c3ccccc3)ccc21. The molecule has 12 heteroatoms. The zero-order chi connectivity index (χ0) is 36.1. The van der Waals surface area contributed by atoms with E-state index >= 15 is 0 Å². The Labute approximate surface area is 294 Å². The van der Waals surface area contributed by atoms with Crippen molar-refractivity contribution in [3.05, 3.63) is 95.6 Å². The monoisotopic (exact) mass is 701 g/mol. The van der Waals surface area contributed by atoms with Crippen LogP contribution in [0.4, 0.5) is 11.4 Å². The fourth-order valence-electron chi connectivity index (χ4n) is 7.53. The van der Waals surface area contributed by atoms with Gasteiger partial charge in [-0.25, -0.2) is 0 Å². The van der Waals surface area contributed by atoms with E-state index in [1.807, 2.05) is 43.3 Å². The number of hydrogen-bond acceptors (Lipinski definition) is 8. The third-order valence-corrected chi connectivity index (χ3v) is 12.3. The molecule has 2 aliphatic heterocycles. The number of fused-ring (bicyclic) bond motifs is 2. The summed E-state index contributed by atoms with van der Waals surface area (Å²) in [6.45, 7) is 6.00. The fraction of sp³-hybridized carbons (Fsp3) is 0.421. The number of hydrogen-bond donors (Lipinski definition) is 3. The largest absolute Gasteiger partial charge is 0.469 e. The number of methoxy groups -OCH3 is 1. The van der Waals surface area contributed by atoms with Crippen LogP contribution in [-0.4, -0.2) is 79.7 Å². The van der Waals surface area contributed by atoms with E-state index in [1.54, 1.807) is 65.4 Å². The smallest absolute Gasteiger partial charge is 0.305 e. The van der Waals surface area contributed by atoms with Gasteiger partial charge in [0.15, 0.2) is 13.9 Å². The number of anilines is 2. The van der Waals surface area contributed by atoms with Crippen LogP contribution in [0, 0.1) is 5.92 Å². The number of rotatable bonds is 14. The van der Waals surface area contributed by atoms with Gasteiger partial charge in [0.1, 0.15) is 0 Å². The number of aliphatic hydroxyl groups is 1. The van der Waals surface area contributed by atoms with Crippen molar-refractivity contribution >= 4 is 43.4 Å². The molecule has 266 valence electrons. The van der Waals surface area contributed by atoms with Gasteiger partial charge in [-0.15, -0.1) is 0 Å². The summed E-state index contributed by atoms with van der Waals surface area (Å²) in [6, 6.07) is 23.6. The predicted molar refractivity (Wildman–Crippen MR) is 192 cm³/mol. The molecule has 50 heavy (non-hydrogen) atoms. The molecule has 3 aromatic rings. The van der Waals surface area contributed by atoms with Crippen LogP contribution < -0.4 is 10.2 Å². The first-order chi connectivity index (χ1) is 23.9. The highest BCUT2D eigenvalue weighted by Crippen LogP contribution is 2.60. The van der Waals surface area contributed by atoms with Crippen LogP contribution in [0.15, 0.2) is 78.9 Å². The van der Waals surface area contributed by atoms with Crippen LogP contribution in [0.3, 0.4) is 0 Å². The molecular weight excluding hydrogens is 655 g/mol. The molecule has 2 heterocycles. The van der Waals surface area contributed by atoms with E-state index < -0.39 is 31.5 Å². The molecule has 11 nitrogen and oxygen atoms in total. The summed E-state index contributed by atoms with van der Waals surface area (Å²) in [5, 5.41) is 12.8. The Hall–Kier alpha value is -4.36. The lowest BCUT2D eigenvalue weighted by molar-refractivity contribution is -0.149. The average Bonchev–Trinajstić information content (AvgIpc) is 3.52. The topological polar surface area (TPSA) is 146 Å². The highest BCUT2D eigenvalue weighted by atomic mass is 28.4. The zero-order valence-corrected chi connectivity index (χ0v) is 30.1. The normalized spacial score (nSPS) is 21.3. The third kappa shape index (κ3) is 7.68. The van der Waals surface area contributed by atoms with Crippen molar-refractivity contribution < 1.29 is 38.6 Å². The van der Waals surface area contributed by atoms with Crippen molar-refractivity contribution in [3.8, 4) is 0 Å². The van der Waals surface area contributed by atoms with Gasteiger partial charge in [0.2, 0.25) is 5.91 Å². The number of benzene rings is 3. The molecule has 0 aliphatic carbocycles. The highest BCUT2D eigenvalue weighted by Gasteiger charge is 2.66. The molecule has 0 aromatic heterocycles. The second-order valence-electron chi connectivity index (χ2n) is 13.6. The number of carbonyl (C=O) groups is 4. The Kier molecular flexibility index (Phi) is 11.6. The highest BCUT2D eigenvalue weighted by molar-refractivity contribution is 6.71. The molecule has 0 unspecified atom stereocenters. The molecule has 0 bridgehead atoms. The van der Waals surface area contributed by atoms with Gasteiger partial charge in [-0.05, 0) is 61.8 Å². The van der Waals surface area contributed by atoms with E-state index in [2.05, 4.69) is 5.32 Å². The molecule has 1 fully saturated rings. The molecule has 0 saturated carbocycles. The minimum Gasteiger partial charge on any atom is -0.469 e. The standard InChI is InChI=1S/C38H47N3O8Si/c1-26-35(50(3,4)47)32(24-33(43)40(21-22-42)25-27-13-7-5-8-14-27)49-38(26)30-23-29(39-36(45)28-15-9-6-10-16-28)18-19-31(30)41(37(38)46)20-12-11-17-34(44)48-2/h5-10,13-16,18-19,23,26,32,35,42,47H,11-12,17,20-22,24-25H2,1-4H3,(H,39,45)/t26-,32+,35-,38+/m0/s1. The third-order valence-electron chi connectivity index (χ3n) is 9.83. The Balaban J connectivity index is 1.50. The summed E-state index contributed by atoms with van der Waals surface area (Å²) < 4.78 is 11.7. The van der Waals surface area contributed by atoms with E-state index in [0.717, 1.165) is 5.56 Å². The van der Waals surface area contributed by atoms with E-state index in [-0.39, 0.29) is 49.7 Å². The molecular formula is C38H47N3O8Si. The first-order valence-electron chi connectivity index (χ1n) is 17.1. The molecule has 1 spiro atoms. The molecule has 3 aromatic carbocycles. The fourth-order valence-corrected chi connectivity index (χ4v) is 10.1. The van der Waals surface area contributed by atoms with Crippen molar-refractivity contribution in [3.63, 3.8) is 0 Å². The van der Waals surface area contributed by atoms with Crippen molar-refractivity contribution in [1.82, 2.24) is 4.90 Å². The van der Waals surface area contributed by atoms with E-state index in [0.29, 0.717) is 48.4 Å². The second kappa shape index (κ2) is 15.7. The van der Waals surface area contributed by atoms with Gasteiger partial charge in [-0.3, -0.25) is 19.2 Å². The van der Waals surface area contributed by atoms with Crippen LogP contribution in [0.1, 0.15) is 54.1 Å². The maximum Gasteiger partial charge on any atom is 0.305 e. The summed E-state index contributed by atoms with van der Waals surface area (Å²) in [5.41, 5.74) is 1.00. The predicted octanol–water partition coefficient (Wildman–Crippen LogP) is 4.84. The molecule has 3 amide bonds. The quantitative estimate of drug-likeness (QED) is 0.123. The van der Waals surface area contributed by atoms with Crippen LogP contribution in [0.5, 0.6) is 0 Å². The minimum absolute atomic E-state index is 0.0905. The molecule has 2 aliphatic rings. The van der Waals surface area contributed by atoms with Crippen molar-refractivity contribution in [2.75, 3.05) is 37.0 Å². The number of esters is 1. The molecule has 4 atom stereocenters. The number of ether oxygens (including phenoxy) is 2. The van der Waals surface area contributed by atoms with Crippen LogP contribution in [0.2, 0.25) is 18.6 Å². The molecule has 3 N–H and O–H groups in total. The number of unbranched alkanes of at least 4 members (excludes halogenated alkanes) is 1. The van der Waals surface area contributed by atoms with Crippen LogP contribution in [0.25, 0.3) is 0 Å². The summed E-state index contributed by atoms with van der Waals surface area (Å²) in [6.07, 6.45) is 0.377. The van der Waals surface area contributed by atoms with Gasteiger partial charge < -0.3 is 34.5 Å². The zero-order valence-electron chi connectivity index (χ0n) is 29.1. The summed E-state index contributed by atoms with van der Waals surface area (Å²) in [7, 11) is -1.74. The molecule has 0 radical (unpaired) electrons. The van der Waals surface area contributed by atoms with Crippen LogP contribution >= 0.6 is 0 Å².